The molecule has 9 nitrogen and oxygen atoms in total. The van der Waals surface area contributed by atoms with E-state index >= 15 is 0 Å². The number of esters is 1. The summed E-state index contributed by atoms with van der Waals surface area (Å²) in [5.74, 6) is -1.08. The minimum Gasteiger partial charge on any atom is -0.458 e. The van der Waals surface area contributed by atoms with Crippen LogP contribution in [0.1, 0.15) is 42.5 Å². The second-order valence-electron chi connectivity index (χ2n) is 8.14. The van der Waals surface area contributed by atoms with Crippen LogP contribution in [0.2, 0.25) is 0 Å². The van der Waals surface area contributed by atoms with E-state index in [2.05, 4.69) is 5.18 Å². The van der Waals surface area contributed by atoms with Crippen molar-refractivity contribution in [1.82, 2.24) is 9.55 Å². The lowest BCUT2D eigenvalue weighted by molar-refractivity contribution is -0.172. The molecule has 2 aromatic heterocycles. The molecule has 166 valence electrons. The molecule has 9 heteroatoms. The van der Waals surface area contributed by atoms with Crippen molar-refractivity contribution in [2.24, 2.45) is 5.18 Å². The molecule has 1 atom stereocenters. The lowest BCUT2D eigenvalue weighted by atomic mass is 9.84. The van der Waals surface area contributed by atoms with Crippen molar-refractivity contribution in [1.29, 1.82) is 0 Å². The van der Waals surface area contributed by atoms with E-state index in [0.29, 0.717) is 22.3 Å². The number of para-hydroxylation sites is 1. The Morgan fingerprint density at radius 3 is 2.76 bits per heavy atom. The molecule has 2 aliphatic rings. The molecule has 33 heavy (non-hydrogen) atoms. The van der Waals surface area contributed by atoms with E-state index in [1.807, 2.05) is 12.1 Å². The number of nitrogens with zero attached hydrogens (tertiary/aromatic N) is 3. The molecule has 0 spiro atoms. The molecule has 2 aliphatic heterocycles. The molecule has 0 amide bonds. The fraction of sp³-hybridized carbons (Fsp3) is 0.250. The number of hydrogen-bond donors (Lipinski definition) is 1. The molecular weight excluding hydrogens is 426 g/mol. The minimum atomic E-state index is -2.16. The SMILES string of the molecule is CC[C@@]1(O)C(=O)OCc2c1c(N=O)c1n(c2=O)Cc2c-1nc1ccccc1c2/C=C/C(C)=O. The predicted octanol–water partition coefficient (Wildman–Crippen LogP) is 3.08. The third-order valence-corrected chi connectivity index (χ3v) is 6.30. The number of allylic oxidation sites excluding steroid dienone is 1. The van der Waals surface area contributed by atoms with Gasteiger partial charge in [-0.1, -0.05) is 31.2 Å². The summed E-state index contributed by atoms with van der Waals surface area (Å²) in [5.41, 5.74) is -0.514. The van der Waals surface area contributed by atoms with E-state index in [9.17, 15) is 24.4 Å². The van der Waals surface area contributed by atoms with Crippen molar-refractivity contribution in [2.45, 2.75) is 39.0 Å². The zero-order valence-corrected chi connectivity index (χ0v) is 17.9. The number of carbonyl (C=O) groups excluding carboxylic acids is 2. The first-order valence-electron chi connectivity index (χ1n) is 10.5. The Morgan fingerprint density at radius 2 is 2.06 bits per heavy atom. The van der Waals surface area contributed by atoms with Crippen LogP contribution in [0.4, 0.5) is 5.69 Å². The predicted molar refractivity (Wildman–Crippen MR) is 120 cm³/mol. The fourth-order valence-electron chi connectivity index (χ4n) is 4.68. The molecule has 0 bridgehead atoms. The number of nitroso groups, excluding NO2 is 1. The van der Waals surface area contributed by atoms with Crippen molar-refractivity contribution in [3.63, 3.8) is 0 Å². The molecule has 1 N–H and O–H groups in total. The second-order valence-corrected chi connectivity index (χ2v) is 8.14. The Bertz CT molecular complexity index is 1490. The highest BCUT2D eigenvalue weighted by Gasteiger charge is 2.48. The van der Waals surface area contributed by atoms with Gasteiger partial charge in [-0.3, -0.25) is 14.2 Å². The molecule has 0 unspecified atom stereocenters. The van der Waals surface area contributed by atoms with Crippen LogP contribution in [-0.2, 0) is 33.1 Å². The first kappa shape index (κ1) is 20.9. The van der Waals surface area contributed by atoms with Crippen molar-refractivity contribution in [2.75, 3.05) is 0 Å². The minimum absolute atomic E-state index is 0.0236. The zero-order valence-electron chi connectivity index (χ0n) is 17.9. The number of hydrogen-bond acceptors (Lipinski definition) is 8. The van der Waals surface area contributed by atoms with Gasteiger partial charge in [0.1, 0.15) is 18.0 Å². The van der Waals surface area contributed by atoms with Crippen LogP contribution in [0.25, 0.3) is 28.4 Å². The summed E-state index contributed by atoms with van der Waals surface area (Å²) >= 11 is 0. The highest BCUT2D eigenvalue weighted by molar-refractivity contribution is 5.99. The molecule has 0 fully saturated rings. The maximum Gasteiger partial charge on any atom is 0.343 e. The number of aliphatic hydroxyl groups is 1. The van der Waals surface area contributed by atoms with E-state index in [1.165, 1.54) is 17.6 Å². The van der Waals surface area contributed by atoms with Gasteiger partial charge in [0.15, 0.2) is 11.4 Å². The van der Waals surface area contributed by atoms with Gasteiger partial charge in [0.2, 0.25) is 0 Å². The Balaban J connectivity index is 1.91. The molecule has 3 aromatic rings. The fourth-order valence-corrected chi connectivity index (χ4v) is 4.68. The zero-order chi connectivity index (χ0) is 23.5. The third-order valence-electron chi connectivity index (χ3n) is 6.30. The van der Waals surface area contributed by atoms with Gasteiger partial charge in [-0.2, -0.15) is 0 Å². The van der Waals surface area contributed by atoms with E-state index in [4.69, 9.17) is 9.72 Å². The number of carbonyl (C=O) groups is 2. The van der Waals surface area contributed by atoms with Crippen LogP contribution in [0.15, 0.2) is 40.3 Å². The summed E-state index contributed by atoms with van der Waals surface area (Å²) in [6.07, 6.45) is 3.00. The van der Waals surface area contributed by atoms with Crippen molar-refractivity contribution in [3.8, 4) is 11.4 Å². The van der Waals surface area contributed by atoms with Gasteiger partial charge in [-0.15, -0.1) is 4.91 Å². The molecule has 0 saturated heterocycles. The average Bonchev–Trinajstić information content (AvgIpc) is 3.19. The number of fused-ring (bicyclic) bond motifs is 5. The van der Waals surface area contributed by atoms with Gasteiger partial charge in [0, 0.05) is 16.5 Å². The summed E-state index contributed by atoms with van der Waals surface area (Å²) in [5, 5.41) is 15.0. The Morgan fingerprint density at radius 1 is 1.30 bits per heavy atom. The maximum absolute atomic E-state index is 13.4. The van der Waals surface area contributed by atoms with Gasteiger partial charge < -0.3 is 9.84 Å². The quantitative estimate of drug-likeness (QED) is 0.290. The van der Waals surface area contributed by atoms with E-state index < -0.39 is 17.1 Å². The molecule has 1 aromatic carbocycles. The summed E-state index contributed by atoms with van der Waals surface area (Å²) in [6.45, 7) is 2.72. The van der Waals surface area contributed by atoms with Crippen molar-refractivity contribution < 1.29 is 19.4 Å². The lowest BCUT2D eigenvalue weighted by Crippen LogP contribution is -2.44. The normalized spacial score (nSPS) is 18.7. The number of benzene rings is 1. The van der Waals surface area contributed by atoms with Crippen LogP contribution in [-0.4, -0.2) is 26.4 Å². The van der Waals surface area contributed by atoms with Crippen molar-refractivity contribution in [3.05, 3.63) is 67.9 Å². The Labute approximate surface area is 187 Å². The van der Waals surface area contributed by atoms with Crippen LogP contribution in [0.5, 0.6) is 0 Å². The standard InChI is InChI=1S/C24H19N3O6/c1-3-24(31)18-16(11-33-23(24)30)22(29)27-10-15-13(9-8-12(2)28)14-6-4-5-7-17(14)25-19(15)21(27)20(18)26-32/h4-9,31H,3,10-11H2,1-2H3/b9-8+/t24-/m0/s1. The van der Waals surface area contributed by atoms with E-state index in [1.54, 1.807) is 25.1 Å². The first-order chi connectivity index (χ1) is 15.8. The number of pyridine rings is 2. The maximum atomic E-state index is 13.4. The van der Waals surface area contributed by atoms with Gasteiger partial charge in [0.25, 0.3) is 5.56 Å². The number of cyclic esters (lactones) is 1. The van der Waals surface area contributed by atoms with E-state index in [0.717, 1.165) is 5.39 Å². The summed E-state index contributed by atoms with van der Waals surface area (Å²) < 4.78 is 6.44. The third kappa shape index (κ3) is 2.82. The highest BCUT2D eigenvalue weighted by atomic mass is 16.6. The molecule has 5 rings (SSSR count). The van der Waals surface area contributed by atoms with Crippen LogP contribution in [0.3, 0.4) is 0 Å². The number of aromatic nitrogens is 2. The Hall–Kier alpha value is -3.98. The van der Waals surface area contributed by atoms with Crippen LogP contribution < -0.4 is 5.56 Å². The van der Waals surface area contributed by atoms with Crippen LogP contribution in [0, 0.1) is 4.91 Å². The van der Waals surface area contributed by atoms with Gasteiger partial charge >= 0.3 is 5.97 Å². The monoisotopic (exact) mass is 445 g/mol. The molecule has 0 radical (unpaired) electrons. The van der Waals surface area contributed by atoms with Gasteiger partial charge in [-0.25, -0.2) is 9.78 Å². The van der Waals surface area contributed by atoms with E-state index in [-0.39, 0.29) is 47.9 Å². The molecule has 0 saturated carbocycles. The Kier molecular flexibility index (Phi) is 4.61. The average molecular weight is 445 g/mol. The van der Waals surface area contributed by atoms with Gasteiger partial charge in [0.05, 0.1) is 23.3 Å². The summed E-state index contributed by atoms with van der Waals surface area (Å²) in [7, 11) is 0. The highest BCUT2D eigenvalue weighted by Crippen LogP contribution is 2.47. The molecule has 0 aliphatic carbocycles. The molecule has 4 heterocycles. The lowest BCUT2D eigenvalue weighted by Gasteiger charge is -2.32. The van der Waals surface area contributed by atoms with Gasteiger partial charge in [-0.05, 0) is 36.2 Å². The smallest absolute Gasteiger partial charge is 0.343 e. The number of ether oxygens (including phenoxy) is 1. The summed E-state index contributed by atoms with van der Waals surface area (Å²) in [4.78, 5) is 54.3. The topological polar surface area (TPSA) is 128 Å². The largest absolute Gasteiger partial charge is 0.458 e. The number of rotatable bonds is 4. The van der Waals surface area contributed by atoms with Crippen molar-refractivity contribution >= 4 is 34.4 Å². The first-order valence-corrected chi connectivity index (χ1v) is 10.5. The number of ketones is 1. The summed E-state index contributed by atoms with van der Waals surface area (Å²) in [6, 6.07) is 7.30. The van der Waals surface area contributed by atoms with Crippen LogP contribution >= 0.6 is 0 Å². The molecular formula is C24H19N3O6. The second kappa shape index (κ2) is 7.28.